The number of ether oxygens (including phenoxy) is 1. The van der Waals surface area contributed by atoms with E-state index >= 15 is 0 Å². The largest absolute Gasteiger partial charge is 0.493 e. The first kappa shape index (κ1) is 20.5. The summed E-state index contributed by atoms with van der Waals surface area (Å²) in [7, 11) is 1.83. The van der Waals surface area contributed by atoms with Crippen LogP contribution in [0.4, 0.5) is 5.82 Å². The molecular weight excluding hydrogens is 374 g/mol. The average molecular weight is 408 g/mol. The highest BCUT2D eigenvalue weighted by Gasteiger charge is 2.23. The van der Waals surface area contributed by atoms with E-state index in [1.54, 1.807) is 0 Å². The quantitative estimate of drug-likeness (QED) is 0.543. The first-order valence-electron chi connectivity index (χ1n) is 11.1. The first-order chi connectivity index (χ1) is 14.7. The minimum Gasteiger partial charge on any atom is -0.493 e. The maximum absolute atomic E-state index is 6.03. The van der Waals surface area contributed by atoms with Crippen molar-refractivity contribution >= 4 is 11.8 Å². The van der Waals surface area contributed by atoms with Crippen molar-refractivity contribution in [3.05, 3.63) is 53.7 Å². The number of aromatic nitrogens is 1. The number of hydrogen-bond donors (Lipinski definition) is 2. The summed E-state index contributed by atoms with van der Waals surface area (Å²) in [5.74, 6) is 3.66. The Bertz CT molecular complexity index is 856. The summed E-state index contributed by atoms with van der Waals surface area (Å²) in [5, 5.41) is 7.05. The van der Waals surface area contributed by atoms with Crippen molar-refractivity contribution in [2.75, 3.05) is 31.6 Å². The van der Waals surface area contributed by atoms with Gasteiger partial charge in [-0.3, -0.25) is 4.99 Å². The van der Waals surface area contributed by atoms with Gasteiger partial charge in [-0.25, -0.2) is 4.98 Å². The number of pyridine rings is 1. The number of nitrogens with zero attached hydrogens (tertiary/aromatic N) is 3. The maximum atomic E-state index is 6.03. The van der Waals surface area contributed by atoms with E-state index in [4.69, 9.17) is 4.74 Å². The van der Waals surface area contributed by atoms with E-state index in [0.29, 0.717) is 12.6 Å². The van der Waals surface area contributed by atoms with Gasteiger partial charge >= 0.3 is 0 Å². The van der Waals surface area contributed by atoms with Crippen LogP contribution >= 0.6 is 0 Å². The Morgan fingerprint density at radius 2 is 1.90 bits per heavy atom. The van der Waals surface area contributed by atoms with Crippen molar-refractivity contribution < 1.29 is 4.74 Å². The number of aryl methyl sites for hydroxylation is 1. The summed E-state index contributed by atoms with van der Waals surface area (Å²) >= 11 is 0. The summed E-state index contributed by atoms with van der Waals surface area (Å²) in [6.07, 6.45) is 4.74. The molecule has 2 aliphatic rings. The molecule has 30 heavy (non-hydrogen) atoms. The first-order valence-corrected chi connectivity index (χ1v) is 11.1. The lowest BCUT2D eigenvalue weighted by Crippen LogP contribution is -2.48. The molecule has 1 aromatic carbocycles. The molecule has 0 amide bonds. The Hall–Kier alpha value is -2.76. The lowest BCUT2D eigenvalue weighted by Gasteiger charge is -2.34. The van der Waals surface area contributed by atoms with Crippen LogP contribution in [0.15, 0.2) is 47.5 Å². The van der Waals surface area contributed by atoms with Crippen molar-refractivity contribution in [3.8, 4) is 5.75 Å². The molecule has 1 aliphatic heterocycles. The Labute approximate surface area is 179 Å². The molecule has 2 N–H and O–H groups in total. The van der Waals surface area contributed by atoms with Crippen LogP contribution in [-0.4, -0.2) is 43.7 Å². The molecule has 0 unspecified atom stereocenters. The number of rotatable bonds is 7. The van der Waals surface area contributed by atoms with E-state index in [9.17, 15) is 0 Å². The van der Waals surface area contributed by atoms with Crippen LogP contribution in [0.1, 0.15) is 36.9 Å². The monoisotopic (exact) mass is 407 g/mol. The van der Waals surface area contributed by atoms with Crippen molar-refractivity contribution in [2.45, 2.75) is 45.2 Å². The minimum atomic E-state index is 0.415. The molecule has 6 heteroatoms. The highest BCUT2D eigenvalue weighted by molar-refractivity contribution is 5.80. The predicted octanol–water partition coefficient (Wildman–Crippen LogP) is 3.51. The van der Waals surface area contributed by atoms with Crippen molar-refractivity contribution in [3.63, 3.8) is 0 Å². The second-order valence-electron chi connectivity index (χ2n) is 8.33. The molecule has 4 rings (SSSR count). The van der Waals surface area contributed by atoms with Crippen LogP contribution in [0, 0.1) is 12.8 Å². The van der Waals surface area contributed by atoms with Crippen LogP contribution in [0.25, 0.3) is 0 Å². The van der Waals surface area contributed by atoms with Gasteiger partial charge in [0.05, 0.1) is 6.61 Å². The third-order valence-corrected chi connectivity index (χ3v) is 5.85. The molecule has 2 fully saturated rings. The molecule has 2 heterocycles. The highest BCUT2D eigenvalue weighted by Crippen LogP contribution is 2.30. The van der Waals surface area contributed by atoms with Gasteiger partial charge < -0.3 is 20.3 Å². The summed E-state index contributed by atoms with van der Waals surface area (Å²) in [5.41, 5.74) is 2.24. The number of piperidine rings is 1. The summed E-state index contributed by atoms with van der Waals surface area (Å²) < 4.78 is 6.03. The number of nitrogens with one attached hydrogen (secondary N) is 2. The van der Waals surface area contributed by atoms with E-state index in [-0.39, 0.29) is 0 Å². The number of aliphatic imine (C=N–C) groups is 1. The van der Waals surface area contributed by atoms with Crippen LogP contribution in [0.5, 0.6) is 5.75 Å². The molecule has 1 aromatic heterocycles. The van der Waals surface area contributed by atoms with E-state index in [2.05, 4.69) is 55.8 Å². The molecule has 0 spiro atoms. The summed E-state index contributed by atoms with van der Waals surface area (Å²) in [6.45, 7) is 5.58. The van der Waals surface area contributed by atoms with Gasteiger partial charge in [0, 0.05) is 44.0 Å². The minimum absolute atomic E-state index is 0.415. The average Bonchev–Trinajstić information content (AvgIpc) is 3.61. The highest BCUT2D eigenvalue weighted by atomic mass is 16.5. The van der Waals surface area contributed by atoms with E-state index < -0.39 is 0 Å². The SMILES string of the molecule is CN=C(NCc1ccccc1OCC1CC1)NC1CCN(c2cccc(C)n2)CC1. The number of hydrogen-bond acceptors (Lipinski definition) is 4. The summed E-state index contributed by atoms with van der Waals surface area (Å²) in [6, 6.07) is 14.9. The number of para-hydroxylation sites is 1. The lowest BCUT2D eigenvalue weighted by molar-refractivity contribution is 0.296. The summed E-state index contributed by atoms with van der Waals surface area (Å²) in [4.78, 5) is 11.5. The molecule has 1 saturated carbocycles. The fraction of sp³-hybridized carbons (Fsp3) is 0.500. The lowest BCUT2D eigenvalue weighted by atomic mass is 10.1. The van der Waals surface area contributed by atoms with Crippen molar-refractivity contribution in [2.24, 2.45) is 10.9 Å². The van der Waals surface area contributed by atoms with Gasteiger partial charge in [-0.05, 0) is 56.7 Å². The van der Waals surface area contributed by atoms with Gasteiger partial charge in [0.2, 0.25) is 0 Å². The normalized spacial score (nSPS) is 17.7. The fourth-order valence-electron chi connectivity index (χ4n) is 3.81. The molecular formula is C24H33N5O. The predicted molar refractivity (Wildman–Crippen MR) is 122 cm³/mol. The second kappa shape index (κ2) is 9.83. The van der Waals surface area contributed by atoms with Gasteiger partial charge in [0.15, 0.2) is 5.96 Å². The molecule has 1 aliphatic carbocycles. The number of benzene rings is 1. The van der Waals surface area contributed by atoms with Crippen LogP contribution in [0.3, 0.4) is 0 Å². The third-order valence-electron chi connectivity index (χ3n) is 5.85. The van der Waals surface area contributed by atoms with E-state index in [0.717, 1.165) is 61.7 Å². The zero-order valence-corrected chi connectivity index (χ0v) is 18.1. The van der Waals surface area contributed by atoms with Crippen LogP contribution < -0.4 is 20.3 Å². The van der Waals surface area contributed by atoms with Gasteiger partial charge in [-0.2, -0.15) is 0 Å². The van der Waals surface area contributed by atoms with E-state index in [1.165, 1.54) is 18.4 Å². The standard InChI is InChI=1S/C24H33N5O/c1-18-6-5-9-23(27-18)29-14-12-21(13-15-29)28-24(25-2)26-16-20-7-3-4-8-22(20)30-17-19-10-11-19/h3-9,19,21H,10-17H2,1-2H3,(H2,25,26,28). The Morgan fingerprint density at radius 3 is 2.63 bits per heavy atom. The zero-order valence-electron chi connectivity index (χ0n) is 18.1. The Kier molecular flexibility index (Phi) is 6.72. The maximum Gasteiger partial charge on any atom is 0.191 e. The molecule has 160 valence electrons. The third kappa shape index (κ3) is 5.65. The van der Waals surface area contributed by atoms with Gasteiger partial charge in [0.25, 0.3) is 0 Å². The van der Waals surface area contributed by atoms with Crippen molar-refractivity contribution in [1.29, 1.82) is 0 Å². The zero-order chi connectivity index (χ0) is 20.8. The van der Waals surface area contributed by atoms with Crippen molar-refractivity contribution in [1.82, 2.24) is 15.6 Å². The van der Waals surface area contributed by atoms with Gasteiger partial charge in [-0.15, -0.1) is 0 Å². The Morgan fingerprint density at radius 1 is 1.10 bits per heavy atom. The number of guanidine groups is 1. The van der Waals surface area contributed by atoms with Crippen LogP contribution in [0.2, 0.25) is 0 Å². The molecule has 0 atom stereocenters. The van der Waals surface area contributed by atoms with Crippen LogP contribution in [-0.2, 0) is 6.54 Å². The molecule has 1 saturated heterocycles. The fourth-order valence-corrected chi connectivity index (χ4v) is 3.81. The number of anilines is 1. The van der Waals surface area contributed by atoms with Gasteiger partial charge in [0.1, 0.15) is 11.6 Å². The molecule has 2 aromatic rings. The smallest absolute Gasteiger partial charge is 0.191 e. The molecule has 0 radical (unpaired) electrons. The molecule has 6 nitrogen and oxygen atoms in total. The van der Waals surface area contributed by atoms with Gasteiger partial charge in [-0.1, -0.05) is 24.3 Å². The topological polar surface area (TPSA) is 61.8 Å². The van der Waals surface area contributed by atoms with E-state index in [1.807, 2.05) is 26.1 Å². The molecule has 0 bridgehead atoms. The second-order valence-corrected chi connectivity index (χ2v) is 8.33. The Balaban J connectivity index is 1.26.